The number of aromatic nitrogens is 2. The van der Waals surface area contributed by atoms with Gasteiger partial charge in [0.25, 0.3) is 0 Å². The third kappa shape index (κ3) is 5.27. The maximum Gasteiger partial charge on any atom is 0.225 e. The third-order valence-corrected chi connectivity index (χ3v) is 7.96. The minimum absolute atomic E-state index is 0.0764. The van der Waals surface area contributed by atoms with Crippen molar-refractivity contribution in [1.29, 1.82) is 0 Å². The minimum atomic E-state index is -3.17. The predicted molar refractivity (Wildman–Crippen MR) is 120 cm³/mol. The smallest absolute Gasteiger partial charge is 0.225 e. The summed E-state index contributed by atoms with van der Waals surface area (Å²) in [5.74, 6) is 1.97. The number of hydrogen-bond donors (Lipinski definition) is 0. The normalized spacial score (nSPS) is 22.7. The number of hydrogen-bond acceptors (Lipinski definition) is 8. The zero-order chi connectivity index (χ0) is 22.0. The van der Waals surface area contributed by atoms with E-state index in [1.807, 2.05) is 4.90 Å². The van der Waals surface area contributed by atoms with Gasteiger partial charge in [-0.15, -0.1) is 0 Å². The maximum atomic E-state index is 12.9. The summed E-state index contributed by atoms with van der Waals surface area (Å²) in [4.78, 5) is 30.7. The molecule has 3 saturated heterocycles. The van der Waals surface area contributed by atoms with Gasteiger partial charge in [-0.1, -0.05) is 0 Å². The van der Waals surface area contributed by atoms with Crippen molar-refractivity contribution < 1.29 is 13.2 Å². The van der Waals surface area contributed by atoms with Gasteiger partial charge in [-0.25, -0.2) is 22.7 Å². The minimum Gasteiger partial charge on any atom is -0.354 e. The number of piperidine rings is 1. The molecule has 4 heterocycles. The van der Waals surface area contributed by atoms with Crippen molar-refractivity contribution in [3.05, 3.63) is 12.4 Å². The molecule has 0 aliphatic carbocycles. The molecule has 31 heavy (non-hydrogen) atoms. The molecule has 10 nitrogen and oxygen atoms in total. The highest BCUT2D eigenvalue weighted by Gasteiger charge is 2.33. The van der Waals surface area contributed by atoms with Crippen molar-refractivity contribution in [1.82, 2.24) is 24.1 Å². The lowest BCUT2D eigenvalue weighted by molar-refractivity contribution is -0.137. The van der Waals surface area contributed by atoms with Gasteiger partial charge in [-0.3, -0.25) is 4.79 Å². The van der Waals surface area contributed by atoms with E-state index in [9.17, 15) is 13.2 Å². The molecule has 4 rings (SSSR count). The molecule has 172 valence electrons. The first-order chi connectivity index (χ1) is 14.8. The van der Waals surface area contributed by atoms with Gasteiger partial charge in [0.2, 0.25) is 15.9 Å². The number of piperazine rings is 2. The molecule has 3 aliphatic heterocycles. The molecule has 3 fully saturated rings. The van der Waals surface area contributed by atoms with E-state index in [2.05, 4.69) is 37.8 Å². The summed E-state index contributed by atoms with van der Waals surface area (Å²) in [5, 5.41) is 0. The van der Waals surface area contributed by atoms with Crippen LogP contribution >= 0.6 is 0 Å². The van der Waals surface area contributed by atoms with Gasteiger partial charge in [-0.2, -0.15) is 0 Å². The van der Waals surface area contributed by atoms with Gasteiger partial charge in [0.15, 0.2) is 0 Å². The van der Waals surface area contributed by atoms with Crippen molar-refractivity contribution in [3.63, 3.8) is 0 Å². The summed E-state index contributed by atoms with van der Waals surface area (Å²) in [6, 6.07) is 2.06. The van der Waals surface area contributed by atoms with Crippen LogP contribution in [0.15, 0.2) is 12.4 Å². The Bertz CT molecular complexity index is 873. The average molecular weight is 452 g/mol. The first-order valence-corrected chi connectivity index (χ1v) is 12.9. The largest absolute Gasteiger partial charge is 0.354 e. The van der Waals surface area contributed by atoms with Crippen molar-refractivity contribution in [2.45, 2.75) is 12.8 Å². The Morgan fingerprint density at radius 1 is 0.871 bits per heavy atom. The summed E-state index contributed by atoms with van der Waals surface area (Å²) in [5.41, 5.74) is 0. The Morgan fingerprint density at radius 2 is 1.39 bits per heavy atom. The van der Waals surface area contributed by atoms with Crippen LogP contribution in [-0.4, -0.2) is 117 Å². The zero-order valence-electron chi connectivity index (χ0n) is 18.5. The number of sulfonamides is 1. The molecule has 0 aromatic carbocycles. The lowest BCUT2D eigenvalue weighted by Gasteiger charge is -2.39. The van der Waals surface area contributed by atoms with Gasteiger partial charge in [0.1, 0.15) is 18.0 Å². The molecule has 1 aromatic heterocycles. The number of rotatable bonds is 4. The molecule has 1 aromatic rings. The maximum absolute atomic E-state index is 12.9. The van der Waals surface area contributed by atoms with E-state index in [4.69, 9.17) is 0 Å². The standard InChI is InChI=1S/C20H33N7O3S/c1-23-7-9-24(10-8-23)18-15-19(22-16-21-18)25-11-13-26(14-12-25)20(28)17-3-5-27(6-4-17)31(2,29)30/h15-17H,3-14H2,1-2H3. The third-order valence-electron chi connectivity index (χ3n) is 6.65. The van der Waals surface area contributed by atoms with E-state index in [-0.39, 0.29) is 11.8 Å². The van der Waals surface area contributed by atoms with Gasteiger partial charge in [0, 0.05) is 77.4 Å². The summed E-state index contributed by atoms with van der Waals surface area (Å²) in [6.45, 7) is 7.68. The van der Waals surface area contributed by atoms with E-state index in [1.165, 1.54) is 10.6 Å². The number of nitrogens with zero attached hydrogens (tertiary/aromatic N) is 7. The number of carbonyl (C=O) groups is 1. The highest BCUT2D eigenvalue weighted by Crippen LogP contribution is 2.24. The van der Waals surface area contributed by atoms with Crippen molar-refractivity contribution in [2.24, 2.45) is 5.92 Å². The Kier molecular flexibility index (Phi) is 6.63. The van der Waals surface area contributed by atoms with Crippen LogP contribution in [0.3, 0.4) is 0 Å². The van der Waals surface area contributed by atoms with Crippen LogP contribution in [0.5, 0.6) is 0 Å². The van der Waals surface area contributed by atoms with Gasteiger partial charge in [-0.05, 0) is 19.9 Å². The number of likely N-dealkylation sites (N-methyl/N-ethyl adjacent to an activating group) is 1. The van der Waals surface area contributed by atoms with E-state index in [0.717, 1.165) is 50.9 Å². The van der Waals surface area contributed by atoms with E-state index < -0.39 is 10.0 Å². The molecule has 0 unspecified atom stereocenters. The second-order valence-corrected chi connectivity index (χ2v) is 10.8. The quantitative estimate of drug-likeness (QED) is 0.608. The highest BCUT2D eigenvalue weighted by molar-refractivity contribution is 7.88. The predicted octanol–water partition coefficient (Wildman–Crippen LogP) is -0.451. The summed E-state index contributed by atoms with van der Waals surface area (Å²) >= 11 is 0. The van der Waals surface area contributed by atoms with Gasteiger partial charge >= 0.3 is 0 Å². The Morgan fingerprint density at radius 3 is 1.90 bits per heavy atom. The first kappa shape index (κ1) is 22.2. The SMILES string of the molecule is CN1CCN(c2cc(N3CCN(C(=O)C4CCN(S(C)(=O)=O)CC4)CC3)ncn2)CC1. The topological polar surface area (TPSA) is 93.2 Å². The first-order valence-electron chi connectivity index (χ1n) is 11.1. The van der Waals surface area contributed by atoms with Crippen LogP contribution in [0, 0.1) is 5.92 Å². The van der Waals surface area contributed by atoms with Crippen molar-refractivity contribution in [2.75, 3.05) is 88.6 Å². The fraction of sp³-hybridized carbons (Fsp3) is 0.750. The average Bonchev–Trinajstić information content (AvgIpc) is 2.79. The number of carbonyl (C=O) groups excluding carboxylic acids is 1. The number of amides is 1. The van der Waals surface area contributed by atoms with Crippen LogP contribution < -0.4 is 9.80 Å². The van der Waals surface area contributed by atoms with Crippen LogP contribution in [0.4, 0.5) is 11.6 Å². The fourth-order valence-corrected chi connectivity index (χ4v) is 5.44. The molecule has 11 heteroatoms. The Balaban J connectivity index is 1.30. The molecule has 0 atom stereocenters. The molecule has 0 saturated carbocycles. The summed E-state index contributed by atoms with van der Waals surface area (Å²) in [6.07, 6.45) is 4.07. The highest BCUT2D eigenvalue weighted by atomic mass is 32.2. The fourth-order valence-electron chi connectivity index (χ4n) is 4.57. The molecule has 0 N–H and O–H groups in total. The van der Waals surface area contributed by atoms with E-state index in [1.54, 1.807) is 6.33 Å². The monoisotopic (exact) mass is 451 g/mol. The molecular weight excluding hydrogens is 418 g/mol. The van der Waals surface area contributed by atoms with E-state index in [0.29, 0.717) is 39.0 Å². The second kappa shape index (κ2) is 9.25. The molecular formula is C20H33N7O3S. The number of anilines is 2. The van der Waals surface area contributed by atoms with Crippen molar-refractivity contribution in [3.8, 4) is 0 Å². The molecule has 0 bridgehead atoms. The molecule has 1 amide bonds. The summed E-state index contributed by atoms with van der Waals surface area (Å²) in [7, 11) is -1.03. The second-order valence-electron chi connectivity index (χ2n) is 8.77. The zero-order valence-corrected chi connectivity index (χ0v) is 19.3. The van der Waals surface area contributed by atoms with Crippen molar-refractivity contribution >= 4 is 27.6 Å². The summed E-state index contributed by atoms with van der Waals surface area (Å²) < 4.78 is 24.8. The van der Waals surface area contributed by atoms with Crippen LogP contribution in [-0.2, 0) is 14.8 Å². The lowest BCUT2D eigenvalue weighted by Crippen LogP contribution is -2.52. The Hall–Kier alpha value is -1.98. The van der Waals surface area contributed by atoms with Crippen LogP contribution in [0.1, 0.15) is 12.8 Å². The van der Waals surface area contributed by atoms with Gasteiger partial charge in [0.05, 0.1) is 6.26 Å². The molecule has 0 radical (unpaired) electrons. The van der Waals surface area contributed by atoms with Gasteiger partial charge < -0.3 is 19.6 Å². The van der Waals surface area contributed by atoms with E-state index >= 15 is 0 Å². The Labute approximate surface area is 184 Å². The van der Waals surface area contributed by atoms with Crippen LogP contribution in [0.2, 0.25) is 0 Å². The van der Waals surface area contributed by atoms with Crippen LogP contribution in [0.25, 0.3) is 0 Å². The molecule has 0 spiro atoms. The lowest BCUT2D eigenvalue weighted by atomic mass is 9.96. The molecule has 3 aliphatic rings.